The largest absolute Gasteiger partial charge is 0.507 e. The molecule has 0 unspecified atom stereocenters. The average molecular weight is 390 g/mol. The van der Waals surface area contributed by atoms with Gasteiger partial charge in [0.05, 0.1) is 17.2 Å². The zero-order chi connectivity index (χ0) is 20.0. The van der Waals surface area contributed by atoms with Crippen molar-refractivity contribution in [2.45, 2.75) is 25.5 Å². The molecule has 29 heavy (non-hydrogen) atoms. The van der Waals surface area contributed by atoms with Crippen molar-refractivity contribution in [1.29, 1.82) is 0 Å². The number of rotatable bonds is 3. The van der Waals surface area contributed by atoms with Crippen molar-refractivity contribution in [1.82, 2.24) is 9.88 Å². The number of likely N-dealkylation sites (tertiary alicyclic amines) is 1. The molecule has 2 aromatic carbocycles. The van der Waals surface area contributed by atoms with E-state index in [9.17, 15) is 15.0 Å². The number of fused-ring (bicyclic) bond motifs is 2. The number of aliphatic hydroxyl groups is 1. The second kappa shape index (κ2) is 7.06. The zero-order valence-corrected chi connectivity index (χ0v) is 15.9. The summed E-state index contributed by atoms with van der Waals surface area (Å²) in [7, 11) is 0. The number of carbonyl (C=O) groups is 1. The number of nitrogens with zero attached hydrogens (tertiary/aromatic N) is 1. The number of aromatic nitrogens is 1. The Labute approximate surface area is 168 Å². The first-order chi connectivity index (χ1) is 14.1. The molecule has 148 valence electrons. The molecule has 1 fully saturated rings. The number of aromatic amines is 1. The second-order valence-electron chi connectivity index (χ2n) is 7.68. The molecule has 1 saturated heterocycles. The lowest BCUT2D eigenvalue weighted by atomic mass is 10.0. The van der Waals surface area contributed by atoms with Crippen molar-refractivity contribution in [3.63, 3.8) is 0 Å². The summed E-state index contributed by atoms with van der Waals surface area (Å²) in [5.41, 5.74) is 2.97. The van der Waals surface area contributed by atoms with Crippen molar-refractivity contribution < 1.29 is 19.7 Å². The number of nitrogens with one attached hydrogen (secondary N) is 1. The summed E-state index contributed by atoms with van der Waals surface area (Å²) >= 11 is 0. The van der Waals surface area contributed by atoms with Crippen molar-refractivity contribution in [3.05, 3.63) is 65.0 Å². The Balaban J connectivity index is 1.47. The molecule has 0 aliphatic carbocycles. The van der Waals surface area contributed by atoms with Crippen LogP contribution in [0, 0.1) is 0 Å². The third-order valence-corrected chi connectivity index (χ3v) is 5.76. The maximum Gasteiger partial charge on any atom is 0.231 e. The van der Waals surface area contributed by atoms with Gasteiger partial charge in [0.2, 0.25) is 5.78 Å². The number of para-hydroxylation sites is 1. The highest BCUT2D eigenvalue weighted by atomic mass is 16.5. The van der Waals surface area contributed by atoms with Gasteiger partial charge in [-0.15, -0.1) is 0 Å². The molecule has 6 heteroatoms. The van der Waals surface area contributed by atoms with E-state index in [4.69, 9.17) is 4.74 Å². The summed E-state index contributed by atoms with van der Waals surface area (Å²) in [6, 6.07) is 11.1. The van der Waals surface area contributed by atoms with E-state index in [0.717, 1.165) is 29.6 Å². The monoisotopic (exact) mass is 390 g/mol. The fraction of sp³-hybridized carbons (Fsp3) is 0.261. The fourth-order valence-electron chi connectivity index (χ4n) is 4.11. The van der Waals surface area contributed by atoms with Gasteiger partial charge in [-0.1, -0.05) is 18.2 Å². The SMILES string of the molecule is O=C1/C(=C/c2c[nH]c3ccccc23)Oc2c1ccc(O)c2CN1CCC(O)CC1. The topological polar surface area (TPSA) is 85.8 Å². The van der Waals surface area contributed by atoms with Crippen LogP contribution in [0.4, 0.5) is 0 Å². The average Bonchev–Trinajstić information content (AvgIpc) is 3.28. The van der Waals surface area contributed by atoms with E-state index in [1.807, 2.05) is 30.5 Å². The maximum absolute atomic E-state index is 12.9. The van der Waals surface area contributed by atoms with Gasteiger partial charge in [0.15, 0.2) is 5.76 Å². The number of phenolic OH excluding ortho intramolecular Hbond substituents is 1. The molecule has 0 spiro atoms. The number of piperidine rings is 1. The second-order valence-corrected chi connectivity index (χ2v) is 7.68. The summed E-state index contributed by atoms with van der Waals surface area (Å²) in [5, 5.41) is 21.2. The number of aromatic hydroxyl groups is 1. The van der Waals surface area contributed by atoms with Gasteiger partial charge in [-0.25, -0.2) is 0 Å². The Hall–Kier alpha value is -3.09. The van der Waals surface area contributed by atoms with Gasteiger partial charge >= 0.3 is 0 Å². The van der Waals surface area contributed by atoms with E-state index in [2.05, 4.69) is 9.88 Å². The Morgan fingerprint density at radius 2 is 1.97 bits per heavy atom. The third kappa shape index (κ3) is 3.20. The molecule has 3 N–H and O–H groups in total. The highest BCUT2D eigenvalue weighted by Crippen LogP contribution is 2.40. The van der Waals surface area contributed by atoms with E-state index in [-0.39, 0.29) is 23.4 Å². The lowest BCUT2D eigenvalue weighted by molar-refractivity contribution is 0.0786. The number of Topliss-reactive ketones (excluding diaryl/α,β-unsaturated/α-hetero) is 1. The molecular formula is C23H22N2O4. The lowest BCUT2D eigenvalue weighted by Gasteiger charge is -2.29. The minimum absolute atomic E-state index is 0.121. The minimum Gasteiger partial charge on any atom is -0.507 e. The quantitative estimate of drug-likeness (QED) is 0.597. The van der Waals surface area contributed by atoms with Crippen molar-refractivity contribution in [2.24, 2.45) is 0 Å². The molecule has 1 aromatic heterocycles. The molecule has 3 heterocycles. The molecule has 6 nitrogen and oxygen atoms in total. The van der Waals surface area contributed by atoms with Crippen LogP contribution in [0.5, 0.6) is 11.5 Å². The van der Waals surface area contributed by atoms with E-state index < -0.39 is 0 Å². The molecule has 2 aliphatic heterocycles. The van der Waals surface area contributed by atoms with Crippen LogP contribution in [-0.4, -0.2) is 45.1 Å². The number of H-pyrrole nitrogens is 1. The normalized spacial score (nSPS) is 19.1. The molecule has 5 rings (SSSR count). The first kappa shape index (κ1) is 18.0. The number of ether oxygens (including phenoxy) is 1. The van der Waals surface area contributed by atoms with Gasteiger partial charge in [0.25, 0.3) is 0 Å². The number of hydrogen-bond acceptors (Lipinski definition) is 5. The predicted molar refractivity (Wildman–Crippen MR) is 110 cm³/mol. The van der Waals surface area contributed by atoms with Gasteiger partial charge in [-0.2, -0.15) is 0 Å². The van der Waals surface area contributed by atoms with E-state index in [1.54, 1.807) is 18.2 Å². The Bertz CT molecular complexity index is 1120. The van der Waals surface area contributed by atoms with Crippen LogP contribution in [0.25, 0.3) is 17.0 Å². The Kier molecular flexibility index (Phi) is 4.38. The summed E-state index contributed by atoms with van der Waals surface area (Å²) in [4.78, 5) is 18.3. The van der Waals surface area contributed by atoms with Crippen molar-refractivity contribution >= 4 is 22.8 Å². The number of aliphatic hydroxyl groups excluding tert-OH is 1. The van der Waals surface area contributed by atoms with Gasteiger partial charge in [-0.3, -0.25) is 9.69 Å². The standard InChI is InChI=1S/C23H22N2O4/c26-15-7-9-25(10-8-15)13-18-20(27)6-5-17-22(28)21(29-23(17)18)11-14-12-24-19-4-2-1-3-16(14)19/h1-6,11-12,15,24,26-27H,7-10,13H2/b21-11-. The molecule has 0 bridgehead atoms. The van der Waals surface area contributed by atoms with Crippen LogP contribution in [-0.2, 0) is 6.54 Å². The summed E-state index contributed by atoms with van der Waals surface area (Å²) in [5.74, 6) is 0.634. The highest BCUT2D eigenvalue weighted by Gasteiger charge is 2.32. The highest BCUT2D eigenvalue weighted by molar-refractivity contribution is 6.15. The van der Waals surface area contributed by atoms with Gasteiger partial charge in [-0.05, 0) is 37.1 Å². The molecular weight excluding hydrogens is 368 g/mol. The predicted octanol–water partition coefficient (Wildman–Crippen LogP) is 3.45. The zero-order valence-electron chi connectivity index (χ0n) is 15.9. The van der Waals surface area contributed by atoms with Gasteiger partial charge in [0, 0.05) is 42.3 Å². The van der Waals surface area contributed by atoms with Crippen LogP contribution >= 0.6 is 0 Å². The Morgan fingerprint density at radius 1 is 1.17 bits per heavy atom. The smallest absolute Gasteiger partial charge is 0.231 e. The molecule has 0 radical (unpaired) electrons. The number of carbonyl (C=O) groups excluding carboxylic acids is 1. The summed E-state index contributed by atoms with van der Waals surface area (Å²) in [6.07, 6.45) is 4.76. The van der Waals surface area contributed by atoms with E-state index in [1.165, 1.54) is 0 Å². The molecule has 0 amide bonds. The van der Waals surface area contributed by atoms with Crippen LogP contribution in [0.2, 0.25) is 0 Å². The summed E-state index contributed by atoms with van der Waals surface area (Å²) in [6.45, 7) is 1.97. The van der Waals surface area contributed by atoms with E-state index >= 15 is 0 Å². The van der Waals surface area contributed by atoms with Crippen LogP contribution in [0.1, 0.15) is 34.3 Å². The minimum atomic E-state index is -0.259. The number of hydrogen-bond donors (Lipinski definition) is 3. The van der Waals surface area contributed by atoms with Crippen molar-refractivity contribution in [2.75, 3.05) is 13.1 Å². The maximum atomic E-state index is 12.9. The summed E-state index contributed by atoms with van der Waals surface area (Å²) < 4.78 is 5.98. The van der Waals surface area contributed by atoms with Crippen LogP contribution < -0.4 is 4.74 Å². The van der Waals surface area contributed by atoms with Crippen LogP contribution in [0.3, 0.4) is 0 Å². The number of phenols is 1. The third-order valence-electron chi connectivity index (χ3n) is 5.76. The molecule has 3 aromatic rings. The fourth-order valence-corrected chi connectivity index (χ4v) is 4.11. The lowest BCUT2D eigenvalue weighted by Crippen LogP contribution is -2.35. The van der Waals surface area contributed by atoms with Crippen molar-refractivity contribution in [3.8, 4) is 11.5 Å². The Morgan fingerprint density at radius 3 is 2.79 bits per heavy atom. The first-order valence-electron chi connectivity index (χ1n) is 9.86. The molecule has 0 atom stereocenters. The number of ketones is 1. The number of benzene rings is 2. The van der Waals surface area contributed by atoms with Gasteiger partial charge in [0.1, 0.15) is 11.5 Å². The number of allylic oxidation sites excluding steroid dienone is 1. The van der Waals surface area contributed by atoms with Gasteiger partial charge < -0.3 is 19.9 Å². The molecule has 0 saturated carbocycles. The van der Waals surface area contributed by atoms with Crippen LogP contribution in [0.15, 0.2) is 48.4 Å². The van der Waals surface area contributed by atoms with E-state index in [0.29, 0.717) is 36.3 Å². The molecule has 2 aliphatic rings. The first-order valence-corrected chi connectivity index (χ1v) is 9.86.